The van der Waals surface area contributed by atoms with Gasteiger partial charge in [0.15, 0.2) is 4.96 Å². The average Bonchev–Trinajstić information content (AvgIpc) is 2.98. The summed E-state index contributed by atoms with van der Waals surface area (Å²) < 4.78 is 1.14. The van der Waals surface area contributed by atoms with Crippen molar-refractivity contribution in [1.82, 2.24) is 9.38 Å². The molecular weight excluding hydrogens is 316 g/mol. The van der Waals surface area contributed by atoms with Gasteiger partial charge in [0.25, 0.3) is 17.4 Å². The summed E-state index contributed by atoms with van der Waals surface area (Å²) in [4.78, 5) is 43.0. The minimum Gasteiger partial charge on any atom is -0.383 e. The Morgan fingerprint density at radius 3 is 2.48 bits per heavy atom. The Labute approximate surface area is 133 Å². The molecule has 2 amide bonds. The molecule has 1 aliphatic rings. The van der Waals surface area contributed by atoms with Gasteiger partial charge in [-0.25, -0.2) is 14.3 Å². The van der Waals surface area contributed by atoms with Gasteiger partial charge in [-0.05, 0) is 19.1 Å². The van der Waals surface area contributed by atoms with E-state index in [1.54, 1.807) is 12.1 Å². The number of benzene rings is 1. The van der Waals surface area contributed by atoms with Crippen LogP contribution in [-0.4, -0.2) is 21.2 Å². The van der Waals surface area contributed by atoms with Gasteiger partial charge in [0.05, 0.1) is 5.69 Å². The number of imide groups is 1. The van der Waals surface area contributed by atoms with E-state index in [0.29, 0.717) is 5.69 Å². The molecule has 7 nitrogen and oxygen atoms in total. The predicted octanol–water partition coefficient (Wildman–Crippen LogP) is 1.45. The number of anilines is 2. The van der Waals surface area contributed by atoms with E-state index in [9.17, 15) is 14.4 Å². The molecule has 0 unspecified atom stereocenters. The Bertz CT molecular complexity index is 1050. The second-order valence-corrected chi connectivity index (χ2v) is 6.18. The highest BCUT2D eigenvalue weighted by Crippen LogP contribution is 2.33. The normalized spacial score (nSPS) is 13.9. The summed E-state index contributed by atoms with van der Waals surface area (Å²) in [6, 6.07) is 8.15. The van der Waals surface area contributed by atoms with Crippen LogP contribution in [0.3, 0.4) is 0 Å². The Morgan fingerprint density at radius 1 is 1.09 bits per heavy atom. The fourth-order valence-electron chi connectivity index (χ4n) is 2.56. The van der Waals surface area contributed by atoms with Gasteiger partial charge >= 0.3 is 0 Å². The summed E-state index contributed by atoms with van der Waals surface area (Å²) in [7, 11) is 0. The monoisotopic (exact) mass is 326 g/mol. The van der Waals surface area contributed by atoms with Crippen LogP contribution in [0.5, 0.6) is 0 Å². The molecule has 3 aromatic rings. The van der Waals surface area contributed by atoms with Crippen molar-refractivity contribution in [3.05, 3.63) is 56.8 Å². The number of amides is 2. The smallest absolute Gasteiger partial charge is 0.284 e. The molecule has 0 saturated carbocycles. The zero-order valence-corrected chi connectivity index (χ0v) is 12.8. The lowest BCUT2D eigenvalue weighted by molar-refractivity contribution is 0.0925. The number of fused-ring (bicyclic) bond motifs is 3. The number of hydrogen-bond acceptors (Lipinski definition) is 6. The van der Waals surface area contributed by atoms with Crippen molar-refractivity contribution in [2.75, 3.05) is 10.6 Å². The van der Waals surface area contributed by atoms with Crippen molar-refractivity contribution in [2.45, 2.75) is 6.92 Å². The highest BCUT2D eigenvalue weighted by atomic mass is 32.1. The predicted molar refractivity (Wildman–Crippen MR) is 86.1 cm³/mol. The van der Waals surface area contributed by atoms with E-state index in [1.807, 2.05) is 19.1 Å². The number of thiazole rings is 1. The highest BCUT2D eigenvalue weighted by Gasteiger charge is 2.41. The van der Waals surface area contributed by atoms with Gasteiger partial charge in [-0.2, -0.15) is 0 Å². The first-order valence-corrected chi connectivity index (χ1v) is 7.56. The third-order valence-corrected chi connectivity index (χ3v) is 4.66. The van der Waals surface area contributed by atoms with E-state index in [2.05, 4.69) is 4.98 Å². The van der Waals surface area contributed by atoms with Gasteiger partial charge in [0.1, 0.15) is 16.4 Å². The van der Waals surface area contributed by atoms with E-state index in [1.165, 1.54) is 0 Å². The molecule has 0 bridgehead atoms. The third-order valence-electron chi connectivity index (χ3n) is 3.63. The first-order chi connectivity index (χ1) is 11.0. The number of nitrogens with zero attached hydrogens (tertiary/aromatic N) is 3. The van der Waals surface area contributed by atoms with Gasteiger partial charge in [0, 0.05) is 6.07 Å². The molecule has 0 saturated heterocycles. The summed E-state index contributed by atoms with van der Waals surface area (Å²) in [6.45, 7) is 1.91. The number of hydrogen-bond donors (Lipinski definition) is 1. The maximum absolute atomic E-state index is 12.7. The van der Waals surface area contributed by atoms with Crippen molar-refractivity contribution >= 4 is 39.6 Å². The number of aromatic nitrogens is 2. The largest absolute Gasteiger partial charge is 0.383 e. The maximum atomic E-state index is 12.7. The van der Waals surface area contributed by atoms with Gasteiger partial charge in [-0.3, -0.25) is 14.4 Å². The summed E-state index contributed by atoms with van der Waals surface area (Å²) in [5.41, 5.74) is 6.61. The van der Waals surface area contributed by atoms with Crippen LogP contribution in [0.25, 0.3) is 4.96 Å². The van der Waals surface area contributed by atoms with Crippen LogP contribution in [0.4, 0.5) is 11.5 Å². The van der Waals surface area contributed by atoms with Gasteiger partial charge in [0.2, 0.25) is 0 Å². The average molecular weight is 326 g/mol. The van der Waals surface area contributed by atoms with Crippen LogP contribution >= 0.6 is 11.3 Å². The van der Waals surface area contributed by atoms with Crippen molar-refractivity contribution < 1.29 is 9.59 Å². The summed E-state index contributed by atoms with van der Waals surface area (Å²) in [5, 5.41) is 0. The molecule has 23 heavy (non-hydrogen) atoms. The van der Waals surface area contributed by atoms with Crippen molar-refractivity contribution in [3.8, 4) is 0 Å². The summed E-state index contributed by atoms with van der Waals surface area (Å²) >= 11 is 0.988. The maximum Gasteiger partial charge on any atom is 0.284 e. The van der Waals surface area contributed by atoms with E-state index in [-0.39, 0.29) is 21.3 Å². The lowest BCUT2D eigenvalue weighted by Crippen LogP contribution is -2.31. The SMILES string of the molecule is Cc1ccc(N2C(=O)c3sc4nc(N)cc(=O)n4c3C2=O)cc1. The van der Waals surface area contributed by atoms with Crippen LogP contribution in [0.2, 0.25) is 0 Å². The molecule has 8 heteroatoms. The molecule has 2 aromatic heterocycles. The summed E-state index contributed by atoms with van der Waals surface area (Å²) in [6.07, 6.45) is 0. The van der Waals surface area contributed by atoms with E-state index < -0.39 is 17.4 Å². The first kappa shape index (κ1) is 13.6. The molecule has 1 aromatic carbocycles. The zero-order valence-electron chi connectivity index (χ0n) is 11.9. The molecule has 4 rings (SSSR count). The Balaban J connectivity index is 1.94. The van der Waals surface area contributed by atoms with Gasteiger partial charge in [-0.15, -0.1) is 0 Å². The van der Waals surface area contributed by atoms with E-state index >= 15 is 0 Å². The van der Waals surface area contributed by atoms with E-state index in [0.717, 1.165) is 32.3 Å². The summed E-state index contributed by atoms with van der Waals surface area (Å²) in [5.74, 6) is -0.929. The number of aryl methyl sites for hydroxylation is 1. The number of carbonyl (C=O) groups excluding carboxylic acids is 2. The number of nitrogens with two attached hydrogens (primary N) is 1. The minimum atomic E-state index is -0.534. The standard InChI is InChI=1S/C15H10N4O3S/c1-7-2-4-8(5-3-7)18-13(21)11-12(14(18)22)23-15-17-9(16)6-10(20)19(11)15/h2-6H,16H2,1H3. The molecule has 3 heterocycles. The molecule has 1 aliphatic heterocycles. The van der Waals surface area contributed by atoms with Crippen LogP contribution < -0.4 is 16.2 Å². The molecular formula is C15H10N4O3S. The van der Waals surface area contributed by atoms with Crippen LogP contribution in [0.15, 0.2) is 35.1 Å². The Morgan fingerprint density at radius 2 is 1.78 bits per heavy atom. The highest BCUT2D eigenvalue weighted by molar-refractivity contribution is 7.19. The fourth-order valence-corrected chi connectivity index (χ4v) is 3.62. The number of nitrogen functional groups attached to an aromatic ring is 1. The second-order valence-electron chi connectivity index (χ2n) is 5.20. The van der Waals surface area contributed by atoms with Crippen LogP contribution in [0, 0.1) is 6.92 Å². The van der Waals surface area contributed by atoms with Crippen molar-refractivity contribution in [1.29, 1.82) is 0 Å². The number of carbonyl (C=O) groups is 2. The van der Waals surface area contributed by atoms with E-state index in [4.69, 9.17) is 5.73 Å². The van der Waals surface area contributed by atoms with Gasteiger partial charge < -0.3 is 5.73 Å². The molecule has 0 aliphatic carbocycles. The lowest BCUT2D eigenvalue weighted by Gasteiger charge is -2.14. The third kappa shape index (κ3) is 1.82. The fraction of sp³-hybridized carbons (Fsp3) is 0.0667. The van der Waals surface area contributed by atoms with Gasteiger partial charge in [-0.1, -0.05) is 29.0 Å². The number of rotatable bonds is 1. The van der Waals surface area contributed by atoms with Crippen LogP contribution in [0.1, 0.15) is 25.7 Å². The quantitative estimate of drug-likeness (QED) is 0.683. The Kier molecular flexibility index (Phi) is 2.67. The zero-order chi connectivity index (χ0) is 16.3. The molecule has 114 valence electrons. The first-order valence-electron chi connectivity index (χ1n) is 6.75. The minimum absolute atomic E-state index is 0.0491. The van der Waals surface area contributed by atoms with Crippen LogP contribution in [-0.2, 0) is 0 Å². The molecule has 0 spiro atoms. The topological polar surface area (TPSA) is 97.8 Å². The molecule has 0 radical (unpaired) electrons. The molecule has 0 atom stereocenters. The second kappa shape index (κ2) is 4.50. The van der Waals surface area contributed by atoms with Crippen molar-refractivity contribution in [2.24, 2.45) is 0 Å². The lowest BCUT2D eigenvalue weighted by atomic mass is 10.2. The molecule has 2 N–H and O–H groups in total. The molecule has 0 fully saturated rings. The Hall–Kier alpha value is -3.00. The van der Waals surface area contributed by atoms with Crippen molar-refractivity contribution in [3.63, 3.8) is 0 Å².